The molecule has 5 nitrogen and oxygen atoms in total. The van der Waals surface area contributed by atoms with Gasteiger partial charge < -0.3 is 4.90 Å². The molecule has 0 aromatic heterocycles. The van der Waals surface area contributed by atoms with E-state index in [-0.39, 0.29) is 23.4 Å². The second-order valence-corrected chi connectivity index (χ2v) is 8.46. The SMILES string of the molecule is CCC1CCCCN1C(=O)CNS(=O)(=O)c1ccc(C(C)C)cc1. The van der Waals surface area contributed by atoms with Crippen LogP contribution >= 0.6 is 0 Å². The van der Waals surface area contributed by atoms with E-state index in [4.69, 9.17) is 0 Å². The van der Waals surface area contributed by atoms with Crippen LogP contribution in [-0.2, 0) is 14.8 Å². The third-order valence-electron chi connectivity index (χ3n) is 4.69. The average molecular weight is 353 g/mol. The Bertz CT molecular complexity index is 653. The first-order valence-corrected chi connectivity index (χ1v) is 10.2. The van der Waals surface area contributed by atoms with Gasteiger partial charge in [0, 0.05) is 12.6 Å². The summed E-state index contributed by atoms with van der Waals surface area (Å²) in [5, 5.41) is 0. The van der Waals surface area contributed by atoms with E-state index in [1.54, 1.807) is 12.1 Å². The first-order valence-electron chi connectivity index (χ1n) is 8.74. The maximum absolute atomic E-state index is 12.4. The van der Waals surface area contributed by atoms with E-state index in [0.29, 0.717) is 5.92 Å². The van der Waals surface area contributed by atoms with Crippen molar-refractivity contribution in [3.63, 3.8) is 0 Å². The Hall–Kier alpha value is -1.40. The number of piperidine rings is 1. The minimum Gasteiger partial charge on any atom is -0.339 e. The Labute approximate surface area is 145 Å². The molecular weight excluding hydrogens is 324 g/mol. The summed E-state index contributed by atoms with van der Waals surface area (Å²) in [7, 11) is -3.66. The van der Waals surface area contributed by atoms with Crippen LogP contribution < -0.4 is 4.72 Å². The van der Waals surface area contributed by atoms with Gasteiger partial charge in [0.25, 0.3) is 0 Å². The second kappa shape index (κ2) is 8.12. The molecule has 6 heteroatoms. The fourth-order valence-corrected chi connectivity index (χ4v) is 4.10. The predicted molar refractivity (Wildman–Crippen MR) is 95.4 cm³/mol. The predicted octanol–water partition coefficient (Wildman–Crippen LogP) is 2.88. The topological polar surface area (TPSA) is 66.5 Å². The lowest BCUT2D eigenvalue weighted by molar-refractivity contribution is -0.133. The standard InChI is InChI=1S/C18H28N2O3S/c1-4-16-7-5-6-12-20(16)18(21)13-19-24(22,23)17-10-8-15(9-11-17)14(2)3/h8-11,14,16,19H,4-7,12-13H2,1-3H3. The van der Waals surface area contributed by atoms with E-state index < -0.39 is 10.0 Å². The maximum atomic E-state index is 12.4. The largest absolute Gasteiger partial charge is 0.339 e. The van der Waals surface area contributed by atoms with Crippen molar-refractivity contribution in [2.75, 3.05) is 13.1 Å². The van der Waals surface area contributed by atoms with Crippen molar-refractivity contribution in [2.24, 2.45) is 0 Å². The number of nitrogens with zero attached hydrogens (tertiary/aromatic N) is 1. The van der Waals surface area contributed by atoms with Gasteiger partial charge in [0.1, 0.15) is 0 Å². The van der Waals surface area contributed by atoms with Gasteiger partial charge in [0.2, 0.25) is 15.9 Å². The number of carbonyl (C=O) groups is 1. The molecule has 1 aliphatic rings. The highest BCUT2D eigenvalue weighted by atomic mass is 32.2. The summed E-state index contributed by atoms with van der Waals surface area (Å²) in [4.78, 5) is 14.4. The van der Waals surface area contributed by atoms with Crippen molar-refractivity contribution in [2.45, 2.75) is 63.3 Å². The molecule has 1 N–H and O–H groups in total. The van der Waals surface area contributed by atoms with Crippen molar-refractivity contribution in [1.29, 1.82) is 0 Å². The van der Waals surface area contributed by atoms with Crippen LogP contribution in [0.2, 0.25) is 0 Å². The van der Waals surface area contributed by atoms with E-state index >= 15 is 0 Å². The summed E-state index contributed by atoms with van der Waals surface area (Å²) in [5.74, 6) is 0.213. The molecule has 1 aliphatic heterocycles. The summed E-state index contributed by atoms with van der Waals surface area (Å²) in [5.41, 5.74) is 1.09. The van der Waals surface area contributed by atoms with E-state index in [9.17, 15) is 13.2 Å². The van der Waals surface area contributed by atoms with Crippen molar-refractivity contribution >= 4 is 15.9 Å². The molecule has 1 atom stereocenters. The van der Waals surface area contributed by atoms with Crippen molar-refractivity contribution in [3.05, 3.63) is 29.8 Å². The quantitative estimate of drug-likeness (QED) is 0.856. The van der Waals surface area contributed by atoms with Crippen LogP contribution in [0.3, 0.4) is 0 Å². The van der Waals surface area contributed by atoms with Crippen LogP contribution in [0.15, 0.2) is 29.2 Å². The second-order valence-electron chi connectivity index (χ2n) is 6.69. The van der Waals surface area contributed by atoms with Crippen LogP contribution in [0.1, 0.15) is 57.9 Å². The Morgan fingerprint density at radius 3 is 2.50 bits per heavy atom. The van der Waals surface area contributed by atoms with Gasteiger partial charge in [-0.2, -0.15) is 0 Å². The lowest BCUT2D eigenvalue weighted by Crippen LogP contribution is -2.47. The molecule has 1 aromatic rings. The van der Waals surface area contributed by atoms with Crippen LogP contribution in [0.4, 0.5) is 0 Å². The van der Waals surface area contributed by atoms with Crippen LogP contribution in [0.5, 0.6) is 0 Å². The zero-order valence-corrected chi connectivity index (χ0v) is 15.6. The van der Waals surface area contributed by atoms with Gasteiger partial charge in [0.05, 0.1) is 11.4 Å². The molecule has 0 bridgehead atoms. The minimum atomic E-state index is -3.66. The molecule has 24 heavy (non-hydrogen) atoms. The molecular formula is C18H28N2O3S. The number of amides is 1. The fraction of sp³-hybridized carbons (Fsp3) is 0.611. The fourth-order valence-electron chi connectivity index (χ4n) is 3.13. The summed E-state index contributed by atoms with van der Waals surface area (Å²) >= 11 is 0. The molecule has 0 radical (unpaired) electrons. The molecule has 1 amide bonds. The molecule has 1 saturated heterocycles. The maximum Gasteiger partial charge on any atom is 0.241 e. The van der Waals surface area contributed by atoms with E-state index in [1.165, 1.54) is 0 Å². The normalized spacial score (nSPS) is 18.8. The third-order valence-corrected chi connectivity index (χ3v) is 6.11. The first kappa shape index (κ1) is 18.9. The lowest BCUT2D eigenvalue weighted by Gasteiger charge is -2.35. The molecule has 2 rings (SSSR count). The minimum absolute atomic E-state index is 0.135. The number of nitrogens with one attached hydrogen (secondary N) is 1. The summed E-state index contributed by atoms with van der Waals surface area (Å²) in [6.07, 6.45) is 4.04. The summed E-state index contributed by atoms with van der Waals surface area (Å²) < 4.78 is 27.2. The third kappa shape index (κ3) is 4.57. The Morgan fingerprint density at radius 1 is 1.25 bits per heavy atom. The number of hydrogen-bond donors (Lipinski definition) is 1. The molecule has 1 fully saturated rings. The highest BCUT2D eigenvalue weighted by Crippen LogP contribution is 2.20. The van der Waals surface area contributed by atoms with Crippen molar-refractivity contribution < 1.29 is 13.2 Å². The van der Waals surface area contributed by atoms with Crippen LogP contribution in [0.25, 0.3) is 0 Å². The highest BCUT2D eigenvalue weighted by molar-refractivity contribution is 7.89. The number of carbonyl (C=O) groups excluding carboxylic acids is 1. The average Bonchev–Trinajstić information content (AvgIpc) is 2.59. The van der Waals surface area contributed by atoms with E-state index in [1.807, 2.05) is 17.0 Å². The summed E-state index contributed by atoms with van der Waals surface area (Å²) in [6.45, 7) is 6.73. The first-order chi connectivity index (χ1) is 11.3. The molecule has 0 saturated carbocycles. The molecule has 134 valence electrons. The van der Waals surface area contributed by atoms with Crippen LogP contribution in [0, 0.1) is 0 Å². The molecule has 1 unspecified atom stereocenters. The lowest BCUT2D eigenvalue weighted by atomic mass is 10.00. The van der Waals surface area contributed by atoms with Gasteiger partial charge in [-0.05, 0) is 49.3 Å². The molecule has 1 heterocycles. The number of hydrogen-bond acceptors (Lipinski definition) is 3. The van der Waals surface area contributed by atoms with E-state index in [2.05, 4.69) is 25.5 Å². The number of benzene rings is 1. The Morgan fingerprint density at radius 2 is 1.92 bits per heavy atom. The summed E-state index contributed by atoms with van der Waals surface area (Å²) in [6, 6.07) is 7.06. The van der Waals surface area contributed by atoms with Crippen molar-refractivity contribution in [3.8, 4) is 0 Å². The van der Waals surface area contributed by atoms with Gasteiger partial charge >= 0.3 is 0 Å². The highest BCUT2D eigenvalue weighted by Gasteiger charge is 2.26. The zero-order chi connectivity index (χ0) is 17.7. The van der Waals surface area contributed by atoms with Gasteiger partial charge in [-0.1, -0.05) is 32.9 Å². The smallest absolute Gasteiger partial charge is 0.241 e. The van der Waals surface area contributed by atoms with Gasteiger partial charge in [-0.15, -0.1) is 0 Å². The zero-order valence-electron chi connectivity index (χ0n) is 14.8. The number of rotatable bonds is 6. The van der Waals surface area contributed by atoms with Gasteiger partial charge in [-0.25, -0.2) is 13.1 Å². The molecule has 0 spiro atoms. The Balaban J connectivity index is 2.00. The number of likely N-dealkylation sites (tertiary alicyclic amines) is 1. The van der Waals surface area contributed by atoms with E-state index in [0.717, 1.165) is 37.8 Å². The van der Waals surface area contributed by atoms with Crippen LogP contribution in [-0.4, -0.2) is 38.4 Å². The van der Waals surface area contributed by atoms with Gasteiger partial charge in [0.15, 0.2) is 0 Å². The monoisotopic (exact) mass is 352 g/mol. The molecule has 0 aliphatic carbocycles. The molecule has 1 aromatic carbocycles. The number of sulfonamides is 1. The Kier molecular flexibility index (Phi) is 6.40. The van der Waals surface area contributed by atoms with Crippen molar-refractivity contribution in [1.82, 2.24) is 9.62 Å². The van der Waals surface area contributed by atoms with Gasteiger partial charge in [-0.3, -0.25) is 4.79 Å².